The molecule has 0 spiro atoms. The van der Waals surface area contributed by atoms with E-state index < -0.39 is 0 Å². The lowest BCUT2D eigenvalue weighted by Gasteiger charge is -2.43. The van der Waals surface area contributed by atoms with Crippen molar-refractivity contribution in [2.75, 3.05) is 32.7 Å². The number of rotatable bonds is 3. The topological polar surface area (TPSA) is 57.8 Å². The predicted molar refractivity (Wildman–Crippen MR) is 100 cm³/mol. The van der Waals surface area contributed by atoms with Gasteiger partial charge in [0, 0.05) is 38.8 Å². The Bertz CT molecular complexity index is 799. The van der Waals surface area contributed by atoms with Gasteiger partial charge in [0.15, 0.2) is 5.76 Å². The van der Waals surface area contributed by atoms with Gasteiger partial charge in [-0.2, -0.15) is 5.10 Å². The summed E-state index contributed by atoms with van der Waals surface area (Å²) in [5.74, 6) is 0.371. The highest BCUT2D eigenvalue weighted by molar-refractivity contribution is 5.91. The van der Waals surface area contributed by atoms with Crippen molar-refractivity contribution in [3.8, 4) is 0 Å². The zero-order valence-corrected chi connectivity index (χ0v) is 15.7. The van der Waals surface area contributed by atoms with Crippen molar-refractivity contribution < 1.29 is 9.21 Å². The summed E-state index contributed by atoms with van der Waals surface area (Å²) in [5.41, 5.74) is 2.24. The molecule has 0 saturated carbocycles. The normalized spacial score (nSPS) is 23.9. The van der Waals surface area contributed by atoms with Crippen LogP contribution in [0.5, 0.6) is 0 Å². The van der Waals surface area contributed by atoms with Gasteiger partial charge in [-0.05, 0) is 37.6 Å². The molecule has 144 valence electrons. The fraction of sp³-hybridized carbons (Fsp3) is 0.600. The van der Waals surface area contributed by atoms with Gasteiger partial charge < -0.3 is 9.32 Å². The van der Waals surface area contributed by atoms with E-state index in [-0.39, 0.29) is 5.91 Å². The van der Waals surface area contributed by atoms with Crippen molar-refractivity contribution >= 4 is 5.91 Å². The maximum absolute atomic E-state index is 12.5. The number of furan rings is 1. The molecule has 7 nitrogen and oxygen atoms in total. The van der Waals surface area contributed by atoms with Crippen molar-refractivity contribution in [2.45, 2.75) is 44.9 Å². The lowest BCUT2D eigenvalue weighted by Crippen LogP contribution is -2.54. The maximum atomic E-state index is 12.5. The minimum absolute atomic E-state index is 0.0394. The van der Waals surface area contributed by atoms with Crippen LogP contribution in [0.25, 0.3) is 0 Å². The molecule has 0 aliphatic carbocycles. The average Bonchev–Trinajstić information content (AvgIpc) is 3.36. The van der Waals surface area contributed by atoms with Crippen LogP contribution < -0.4 is 0 Å². The molecule has 5 rings (SSSR count). The molecule has 1 atom stereocenters. The summed E-state index contributed by atoms with van der Waals surface area (Å²) < 4.78 is 7.33. The molecule has 2 aromatic rings. The Hall–Kier alpha value is -2.12. The van der Waals surface area contributed by atoms with E-state index in [1.54, 1.807) is 18.4 Å². The number of aromatic nitrogens is 2. The van der Waals surface area contributed by atoms with Gasteiger partial charge in [0.1, 0.15) is 0 Å². The number of fused-ring (bicyclic) bond motifs is 2. The molecular formula is C20H27N5O2. The SMILES string of the molecule is O=C(c1ccco1)N1CCn2nc(CN3CCN4CCCCC4C3)cc2C1. The summed E-state index contributed by atoms with van der Waals surface area (Å²) in [6.45, 7) is 7.68. The number of amides is 1. The Kier molecular flexibility index (Phi) is 4.49. The lowest BCUT2D eigenvalue weighted by molar-refractivity contribution is 0.0450. The van der Waals surface area contributed by atoms with Gasteiger partial charge in [0.05, 0.1) is 30.7 Å². The minimum Gasteiger partial charge on any atom is -0.459 e. The van der Waals surface area contributed by atoms with Gasteiger partial charge in [-0.3, -0.25) is 19.3 Å². The van der Waals surface area contributed by atoms with Crippen LogP contribution in [0.4, 0.5) is 0 Å². The highest BCUT2D eigenvalue weighted by atomic mass is 16.3. The monoisotopic (exact) mass is 369 g/mol. The van der Waals surface area contributed by atoms with Gasteiger partial charge in [-0.15, -0.1) is 0 Å². The molecule has 2 fully saturated rings. The van der Waals surface area contributed by atoms with Crippen molar-refractivity contribution in [3.63, 3.8) is 0 Å². The molecule has 2 saturated heterocycles. The second kappa shape index (κ2) is 7.13. The first kappa shape index (κ1) is 17.0. The first-order chi connectivity index (χ1) is 13.3. The molecule has 0 bridgehead atoms. The van der Waals surface area contributed by atoms with Crippen LogP contribution in [-0.2, 0) is 19.6 Å². The van der Waals surface area contributed by atoms with Crippen LogP contribution in [0.1, 0.15) is 41.2 Å². The van der Waals surface area contributed by atoms with Gasteiger partial charge in [-0.1, -0.05) is 6.42 Å². The summed E-state index contributed by atoms with van der Waals surface area (Å²) in [6, 6.07) is 6.39. The van der Waals surface area contributed by atoms with Gasteiger partial charge in [0.2, 0.25) is 0 Å². The number of carbonyl (C=O) groups is 1. The number of piperidine rings is 1. The molecule has 3 aliphatic heterocycles. The van der Waals surface area contributed by atoms with E-state index >= 15 is 0 Å². The predicted octanol–water partition coefficient (Wildman–Crippen LogP) is 1.80. The fourth-order valence-corrected chi connectivity index (χ4v) is 4.73. The van der Waals surface area contributed by atoms with Crippen LogP contribution in [0.3, 0.4) is 0 Å². The molecule has 0 aromatic carbocycles. The van der Waals surface area contributed by atoms with Crippen LogP contribution in [0.2, 0.25) is 0 Å². The molecule has 5 heterocycles. The summed E-state index contributed by atoms with van der Waals surface area (Å²) in [5, 5.41) is 4.81. The number of hydrogen-bond acceptors (Lipinski definition) is 5. The largest absolute Gasteiger partial charge is 0.459 e. The first-order valence-electron chi connectivity index (χ1n) is 10.1. The summed E-state index contributed by atoms with van der Waals surface area (Å²) >= 11 is 0. The van der Waals surface area contributed by atoms with E-state index in [4.69, 9.17) is 9.52 Å². The van der Waals surface area contributed by atoms with E-state index in [9.17, 15) is 4.79 Å². The van der Waals surface area contributed by atoms with Crippen LogP contribution in [0, 0.1) is 0 Å². The van der Waals surface area contributed by atoms with E-state index in [0.29, 0.717) is 18.8 Å². The number of hydrogen-bond donors (Lipinski definition) is 0. The molecule has 2 aromatic heterocycles. The second-order valence-electron chi connectivity index (χ2n) is 7.97. The number of carbonyl (C=O) groups excluding carboxylic acids is 1. The first-order valence-corrected chi connectivity index (χ1v) is 10.1. The second-order valence-corrected chi connectivity index (χ2v) is 7.97. The average molecular weight is 369 g/mol. The molecule has 1 amide bonds. The minimum atomic E-state index is -0.0394. The third-order valence-corrected chi connectivity index (χ3v) is 6.17. The van der Waals surface area contributed by atoms with Crippen LogP contribution in [-0.4, -0.2) is 69.2 Å². The standard InChI is InChI=1S/C20H27N5O2/c26-20(19-5-3-11-27-19)24-9-10-25-18(15-24)12-16(21-25)13-22-7-8-23-6-2-1-4-17(23)14-22/h3,5,11-12,17H,1-2,4,6-10,13-15H2. The molecule has 7 heteroatoms. The fourth-order valence-electron chi connectivity index (χ4n) is 4.73. The van der Waals surface area contributed by atoms with E-state index in [1.165, 1.54) is 32.4 Å². The van der Waals surface area contributed by atoms with Gasteiger partial charge >= 0.3 is 0 Å². The zero-order chi connectivity index (χ0) is 18.2. The molecule has 27 heavy (non-hydrogen) atoms. The summed E-state index contributed by atoms with van der Waals surface area (Å²) in [4.78, 5) is 19.6. The smallest absolute Gasteiger partial charge is 0.289 e. The molecule has 3 aliphatic rings. The third-order valence-electron chi connectivity index (χ3n) is 6.17. The van der Waals surface area contributed by atoms with Crippen molar-refractivity contribution in [2.24, 2.45) is 0 Å². The number of nitrogens with zero attached hydrogens (tertiary/aromatic N) is 5. The lowest BCUT2D eigenvalue weighted by atomic mass is 9.99. The van der Waals surface area contributed by atoms with Crippen molar-refractivity contribution in [3.05, 3.63) is 41.6 Å². The summed E-state index contributed by atoms with van der Waals surface area (Å²) in [6.07, 6.45) is 5.61. The van der Waals surface area contributed by atoms with Crippen molar-refractivity contribution in [1.29, 1.82) is 0 Å². The molecule has 0 radical (unpaired) electrons. The highest BCUT2D eigenvalue weighted by Crippen LogP contribution is 2.23. The number of piperazine rings is 1. The Morgan fingerprint density at radius 3 is 3.04 bits per heavy atom. The zero-order valence-electron chi connectivity index (χ0n) is 15.7. The molecular weight excluding hydrogens is 342 g/mol. The van der Waals surface area contributed by atoms with E-state index in [1.807, 2.05) is 4.90 Å². The van der Waals surface area contributed by atoms with Gasteiger partial charge in [0.25, 0.3) is 5.91 Å². The maximum Gasteiger partial charge on any atom is 0.289 e. The van der Waals surface area contributed by atoms with E-state index in [0.717, 1.165) is 43.6 Å². The Balaban J connectivity index is 1.23. The van der Waals surface area contributed by atoms with Crippen LogP contribution >= 0.6 is 0 Å². The van der Waals surface area contributed by atoms with E-state index in [2.05, 4.69) is 20.5 Å². The Morgan fingerprint density at radius 1 is 1.19 bits per heavy atom. The highest BCUT2D eigenvalue weighted by Gasteiger charge is 2.30. The van der Waals surface area contributed by atoms with Crippen molar-refractivity contribution in [1.82, 2.24) is 24.5 Å². The summed E-state index contributed by atoms with van der Waals surface area (Å²) in [7, 11) is 0. The third kappa shape index (κ3) is 3.41. The molecule has 1 unspecified atom stereocenters. The Labute approximate surface area is 159 Å². The molecule has 0 N–H and O–H groups in total. The Morgan fingerprint density at radius 2 is 2.15 bits per heavy atom. The van der Waals surface area contributed by atoms with Crippen LogP contribution in [0.15, 0.2) is 28.9 Å². The quantitative estimate of drug-likeness (QED) is 0.826. The van der Waals surface area contributed by atoms with Gasteiger partial charge in [-0.25, -0.2) is 0 Å².